The van der Waals surface area contributed by atoms with Crippen LogP contribution in [-0.2, 0) is 20.4 Å². The molecule has 0 radical (unpaired) electrons. The number of aliphatic carboxylic acids is 2. The van der Waals surface area contributed by atoms with Crippen molar-refractivity contribution in [2.75, 3.05) is 0 Å². The van der Waals surface area contributed by atoms with Crippen molar-refractivity contribution >= 4 is 35.0 Å². The van der Waals surface area contributed by atoms with Crippen LogP contribution in [-0.4, -0.2) is 35.0 Å². The van der Waals surface area contributed by atoms with Gasteiger partial charge in [-0.3, -0.25) is 0 Å². The smallest absolute Gasteiger partial charge is 0.549 e. The van der Waals surface area contributed by atoms with Crippen LogP contribution in [0.3, 0.4) is 0 Å². The van der Waals surface area contributed by atoms with Crippen LogP contribution in [0.4, 0.5) is 0 Å². The molecule has 37 heavy (non-hydrogen) atoms. The van der Waals surface area contributed by atoms with Crippen LogP contribution in [0.2, 0.25) is 0 Å². The summed E-state index contributed by atoms with van der Waals surface area (Å²) < 4.78 is 0. The molecule has 2 aromatic carbocycles. The van der Waals surface area contributed by atoms with Gasteiger partial charge in [0.05, 0.1) is 11.9 Å². The predicted octanol–water partition coefficient (Wildman–Crippen LogP) is 5.73. The molecule has 0 aliphatic rings. The Bertz CT molecular complexity index is 797. The van der Waals surface area contributed by atoms with Crippen molar-refractivity contribution in [2.24, 2.45) is 0 Å². The average molecular weight is 519 g/mol. The largest absolute Gasteiger partial charge is 2.00 e. The standard InChI is InChI=1S/2C16H24O2.Mg/c2*1-3-4-5-6-10-13-16(2,15(17)18)14-11-8-7-9-12-14;/h2*7-9,11-12H,3-6,10,13H2,1-2H3,(H,17,18);/q;;+2/p-2. The van der Waals surface area contributed by atoms with Crippen LogP contribution in [0.15, 0.2) is 60.7 Å². The summed E-state index contributed by atoms with van der Waals surface area (Å²) in [6.45, 7) is 7.90. The van der Waals surface area contributed by atoms with E-state index in [1.54, 1.807) is 13.8 Å². The summed E-state index contributed by atoms with van der Waals surface area (Å²) >= 11 is 0. The van der Waals surface area contributed by atoms with E-state index < -0.39 is 22.8 Å². The SMILES string of the molecule is CCCCCCCC(C)(C(=O)[O-])c1ccccc1.CCCCCCCC(C)(C(=O)[O-])c1ccccc1.[Mg+2]. The fourth-order valence-corrected chi connectivity index (χ4v) is 4.50. The Morgan fingerprint density at radius 3 is 1.14 bits per heavy atom. The molecule has 0 spiro atoms. The number of unbranched alkanes of at least 4 members (excludes halogenated alkanes) is 8. The molecule has 0 aliphatic carbocycles. The molecule has 2 rings (SSSR count). The van der Waals surface area contributed by atoms with E-state index in [4.69, 9.17) is 0 Å². The Morgan fingerprint density at radius 2 is 0.865 bits per heavy atom. The molecular formula is C32H46MgO4. The maximum absolute atomic E-state index is 11.4. The first-order chi connectivity index (χ1) is 17.2. The molecule has 0 saturated carbocycles. The first-order valence-corrected chi connectivity index (χ1v) is 13.8. The molecule has 0 heterocycles. The number of carboxylic acid groups (broad SMARTS) is 2. The number of rotatable bonds is 16. The first-order valence-electron chi connectivity index (χ1n) is 13.8. The molecule has 0 aliphatic heterocycles. The van der Waals surface area contributed by atoms with Gasteiger partial charge in [-0.1, -0.05) is 153 Å². The summed E-state index contributed by atoms with van der Waals surface area (Å²) in [7, 11) is 0. The Hall–Kier alpha value is -1.85. The quantitative estimate of drug-likeness (QED) is 0.210. The summed E-state index contributed by atoms with van der Waals surface area (Å²) in [5, 5.41) is 22.9. The maximum atomic E-state index is 11.4. The predicted molar refractivity (Wildman–Crippen MR) is 150 cm³/mol. The molecule has 0 saturated heterocycles. The molecule has 2 aromatic rings. The molecule has 0 aromatic heterocycles. The van der Waals surface area contributed by atoms with Gasteiger partial charge < -0.3 is 19.8 Å². The van der Waals surface area contributed by atoms with E-state index in [2.05, 4.69) is 13.8 Å². The van der Waals surface area contributed by atoms with Crippen LogP contribution in [0, 0.1) is 0 Å². The fourth-order valence-electron chi connectivity index (χ4n) is 4.50. The Kier molecular flexibility index (Phi) is 18.3. The fraction of sp³-hybridized carbons (Fsp3) is 0.562. The Morgan fingerprint density at radius 1 is 0.568 bits per heavy atom. The van der Waals surface area contributed by atoms with Crippen LogP contribution in [0.25, 0.3) is 0 Å². The summed E-state index contributed by atoms with van der Waals surface area (Å²) in [6.07, 6.45) is 12.6. The minimum atomic E-state index is -0.968. The van der Waals surface area contributed by atoms with Crippen molar-refractivity contribution < 1.29 is 19.8 Å². The van der Waals surface area contributed by atoms with E-state index in [0.29, 0.717) is 12.8 Å². The van der Waals surface area contributed by atoms with Crippen molar-refractivity contribution in [1.29, 1.82) is 0 Å². The molecule has 2 atom stereocenters. The summed E-state index contributed by atoms with van der Waals surface area (Å²) in [6, 6.07) is 18.8. The summed E-state index contributed by atoms with van der Waals surface area (Å²) in [4.78, 5) is 22.9. The van der Waals surface area contributed by atoms with E-state index in [0.717, 1.165) is 36.8 Å². The van der Waals surface area contributed by atoms with Crippen LogP contribution in [0.5, 0.6) is 0 Å². The molecule has 200 valence electrons. The average Bonchev–Trinajstić information content (AvgIpc) is 2.89. The molecule has 5 heteroatoms. The maximum Gasteiger partial charge on any atom is 2.00 e. The number of benzene rings is 2. The Labute approximate surface area is 241 Å². The van der Waals surface area contributed by atoms with Gasteiger partial charge in [0.15, 0.2) is 0 Å². The van der Waals surface area contributed by atoms with Crippen molar-refractivity contribution in [1.82, 2.24) is 0 Å². The van der Waals surface area contributed by atoms with Crippen molar-refractivity contribution in [3.63, 3.8) is 0 Å². The van der Waals surface area contributed by atoms with E-state index in [1.165, 1.54) is 38.5 Å². The van der Waals surface area contributed by atoms with Crippen LogP contribution < -0.4 is 10.2 Å². The van der Waals surface area contributed by atoms with Crippen molar-refractivity contribution in [3.05, 3.63) is 71.8 Å². The van der Waals surface area contributed by atoms with E-state index in [9.17, 15) is 19.8 Å². The topological polar surface area (TPSA) is 80.3 Å². The molecular weight excluding hydrogens is 473 g/mol. The number of carboxylic acids is 2. The zero-order valence-electron chi connectivity index (χ0n) is 23.6. The van der Waals surface area contributed by atoms with Crippen molar-refractivity contribution in [2.45, 2.75) is 116 Å². The second kappa shape index (κ2) is 19.2. The van der Waals surface area contributed by atoms with Gasteiger partial charge in [-0.25, -0.2) is 0 Å². The molecule has 2 unspecified atom stereocenters. The summed E-state index contributed by atoms with van der Waals surface area (Å²) in [5.41, 5.74) is -0.0120. The molecule has 0 N–H and O–H groups in total. The molecule has 0 amide bonds. The van der Waals surface area contributed by atoms with Gasteiger partial charge in [0.2, 0.25) is 0 Å². The monoisotopic (exact) mass is 518 g/mol. The second-order valence-electron chi connectivity index (χ2n) is 10.3. The normalized spacial score (nSPS) is 13.7. The van der Waals surface area contributed by atoms with E-state index in [-0.39, 0.29) is 23.1 Å². The van der Waals surface area contributed by atoms with Gasteiger partial charge in [0.25, 0.3) is 0 Å². The van der Waals surface area contributed by atoms with Gasteiger partial charge in [-0.2, -0.15) is 0 Å². The molecule has 0 bridgehead atoms. The number of hydrogen-bond acceptors (Lipinski definition) is 4. The van der Waals surface area contributed by atoms with Crippen LogP contribution in [0.1, 0.15) is 116 Å². The second-order valence-corrected chi connectivity index (χ2v) is 10.3. The minimum absolute atomic E-state index is 0. The number of hydrogen-bond donors (Lipinski definition) is 0. The third-order valence-electron chi connectivity index (χ3n) is 7.28. The third kappa shape index (κ3) is 12.0. The Balaban J connectivity index is 0.000000682. The van der Waals surface area contributed by atoms with Gasteiger partial charge in [-0.15, -0.1) is 0 Å². The number of carbonyl (C=O) groups excluding carboxylic acids is 2. The van der Waals surface area contributed by atoms with E-state index in [1.807, 2.05) is 60.7 Å². The molecule has 0 fully saturated rings. The molecule has 4 nitrogen and oxygen atoms in total. The van der Waals surface area contributed by atoms with Gasteiger partial charge in [0.1, 0.15) is 0 Å². The van der Waals surface area contributed by atoms with Gasteiger partial charge in [0, 0.05) is 10.8 Å². The van der Waals surface area contributed by atoms with Gasteiger partial charge in [-0.05, 0) is 24.0 Å². The van der Waals surface area contributed by atoms with Gasteiger partial charge >= 0.3 is 23.1 Å². The first kappa shape index (κ1) is 35.1. The van der Waals surface area contributed by atoms with Crippen LogP contribution >= 0.6 is 0 Å². The number of carbonyl (C=O) groups is 2. The third-order valence-corrected chi connectivity index (χ3v) is 7.28. The summed E-state index contributed by atoms with van der Waals surface area (Å²) in [5.74, 6) is -1.94. The zero-order valence-corrected chi connectivity index (χ0v) is 25.0. The minimum Gasteiger partial charge on any atom is -0.549 e. The zero-order chi connectivity index (χ0) is 26.9. The van der Waals surface area contributed by atoms with E-state index >= 15 is 0 Å². The van der Waals surface area contributed by atoms with Crippen molar-refractivity contribution in [3.8, 4) is 0 Å².